The summed E-state index contributed by atoms with van der Waals surface area (Å²) in [4.78, 5) is 0. The molecule has 0 unspecified atom stereocenters. The average Bonchev–Trinajstić information content (AvgIpc) is 2.27. The molecule has 0 saturated carbocycles. The lowest BCUT2D eigenvalue weighted by molar-refractivity contribution is 0.170. The summed E-state index contributed by atoms with van der Waals surface area (Å²) in [7, 11) is 1.63. The third-order valence-corrected chi connectivity index (χ3v) is 2.31. The minimum absolute atomic E-state index is 0.579. The van der Waals surface area contributed by atoms with Crippen molar-refractivity contribution in [2.75, 3.05) is 20.3 Å². The molecule has 15 heavy (non-hydrogen) atoms. The zero-order valence-electron chi connectivity index (χ0n) is 9.00. The molecule has 1 aliphatic rings. The Morgan fingerprint density at radius 2 is 2.07 bits per heavy atom. The van der Waals surface area contributed by atoms with Crippen molar-refractivity contribution in [1.82, 2.24) is 0 Å². The van der Waals surface area contributed by atoms with E-state index >= 15 is 0 Å². The lowest BCUT2D eigenvalue weighted by Gasteiger charge is -2.22. The molecule has 0 N–H and O–H groups in total. The van der Waals surface area contributed by atoms with E-state index in [1.807, 2.05) is 19.1 Å². The van der Waals surface area contributed by atoms with Crippen LogP contribution in [0.15, 0.2) is 18.7 Å². The van der Waals surface area contributed by atoms with Crippen LogP contribution in [-0.4, -0.2) is 20.3 Å². The van der Waals surface area contributed by atoms with Gasteiger partial charge in [-0.25, -0.2) is 0 Å². The van der Waals surface area contributed by atoms with Crippen LogP contribution in [0.25, 0.3) is 5.57 Å². The smallest absolute Gasteiger partial charge is 0.169 e. The quantitative estimate of drug-likeness (QED) is 0.744. The molecular weight excluding hydrogens is 192 g/mol. The molecule has 0 atom stereocenters. The standard InChI is InChI=1S/C12H14O3/c1-8(2)10-6-9(13-3)7-11-12(10)15-5-4-14-11/h6-7H,1,4-5H2,2-3H3. The van der Waals surface area contributed by atoms with Gasteiger partial charge in [0.05, 0.1) is 7.11 Å². The van der Waals surface area contributed by atoms with Gasteiger partial charge in [-0.15, -0.1) is 0 Å². The molecule has 1 aliphatic heterocycles. The highest BCUT2D eigenvalue weighted by atomic mass is 16.6. The third kappa shape index (κ3) is 1.77. The first-order chi connectivity index (χ1) is 7.22. The monoisotopic (exact) mass is 206 g/mol. The summed E-state index contributed by atoms with van der Waals surface area (Å²) in [6, 6.07) is 3.75. The predicted molar refractivity (Wildman–Crippen MR) is 58.7 cm³/mol. The van der Waals surface area contributed by atoms with E-state index in [9.17, 15) is 0 Å². The Labute approximate surface area is 89.3 Å². The summed E-state index contributed by atoms with van der Waals surface area (Å²) in [6.45, 7) is 7.02. The van der Waals surface area contributed by atoms with Crippen molar-refractivity contribution in [2.45, 2.75) is 6.92 Å². The highest BCUT2D eigenvalue weighted by Gasteiger charge is 2.18. The topological polar surface area (TPSA) is 27.7 Å². The molecule has 0 bridgehead atoms. The van der Waals surface area contributed by atoms with Gasteiger partial charge in [0, 0.05) is 11.6 Å². The van der Waals surface area contributed by atoms with Crippen molar-refractivity contribution < 1.29 is 14.2 Å². The summed E-state index contributed by atoms with van der Waals surface area (Å²) in [5.41, 5.74) is 1.89. The summed E-state index contributed by atoms with van der Waals surface area (Å²) in [6.07, 6.45) is 0. The van der Waals surface area contributed by atoms with E-state index in [1.54, 1.807) is 7.11 Å². The van der Waals surface area contributed by atoms with Crippen LogP contribution in [0.2, 0.25) is 0 Å². The molecule has 0 saturated heterocycles. The number of hydrogen-bond donors (Lipinski definition) is 0. The van der Waals surface area contributed by atoms with Crippen molar-refractivity contribution in [3.63, 3.8) is 0 Å². The molecule has 0 radical (unpaired) electrons. The molecule has 3 heteroatoms. The minimum atomic E-state index is 0.579. The Morgan fingerprint density at radius 1 is 1.33 bits per heavy atom. The molecular formula is C12H14O3. The number of allylic oxidation sites excluding steroid dienone is 1. The van der Waals surface area contributed by atoms with E-state index in [0.29, 0.717) is 13.2 Å². The first-order valence-corrected chi connectivity index (χ1v) is 4.86. The van der Waals surface area contributed by atoms with Gasteiger partial charge in [-0.1, -0.05) is 6.58 Å². The van der Waals surface area contributed by atoms with Gasteiger partial charge in [-0.05, 0) is 18.6 Å². The van der Waals surface area contributed by atoms with Crippen LogP contribution in [0.1, 0.15) is 12.5 Å². The number of ether oxygens (including phenoxy) is 3. The van der Waals surface area contributed by atoms with E-state index in [2.05, 4.69) is 6.58 Å². The van der Waals surface area contributed by atoms with Crippen LogP contribution in [-0.2, 0) is 0 Å². The molecule has 1 heterocycles. The molecule has 80 valence electrons. The molecule has 1 aromatic carbocycles. The zero-order valence-corrected chi connectivity index (χ0v) is 9.00. The van der Waals surface area contributed by atoms with Gasteiger partial charge in [0.15, 0.2) is 11.5 Å². The van der Waals surface area contributed by atoms with Crippen LogP contribution in [0.3, 0.4) is 0 Å². The van der Waals surface area contributed by atoms with Crippen LogP contribution >= 0.6 is 0 Å². The van der Waals surface area contributed by atoms with Gasteiger partial charge >= 0.3 is 0 Å². The van der Waals surface area contributed by atoms with Crippen LogP contribution < -0.4 is 14.2 Å². The summed E-state index contributed by atoms with van der Waals surface area (Å²) in [5, 5.41) is 0. The zero-order chi connectivity index (χ0) is 10.8. The second-order valence-electron chi connectivity index (χ2n) is 3.48. The Kier molecular flexibility index (Phi) is 2.54. The SMILES string of the molecule is C=C(C)c1cc(OC)cc2c1OCCO2. The van der Waals surface area contributed by atoms with Gasteiger partial charge in [0.1, 0.15) is 19.0 Å². The van der Waals surface area contributed by atoms with Crippen LogP contribution in [0.5, 0.6) is 17.2 Å². The summed E-state index contributed by atoms with van der Waals surface area (Å²) < 4.78 is 16.3. The molecule has 0 aromatic heterocycles. The second kappa shape index (κ2) is 3.85. The highest BCUT2D eigenvalue weighted by molar-refractivity contribution is 5.72. The molecule has 0 amide bonds. The Bertz CT molecular complexity index is 396. The lowest BCUT2D eigenvalue weighted by atomic mass is 10.1. The van der Waals surface area contributed by atoms with Gasteiger partial charge in [-0.3, -0.25) is 0 Å². The molecule has 0 fully saturated rings. The van der Waals surface area contributed by atoms with Gasteiger partial charge < -0.3 is 14.2 Å². The average molecular weight is 206 g/mol. The van der Waals surface area contributed by atoms with Gasteiger partial charge in [0.2, 0.25) is 0 Å². The minimum Gasteiger partial charge on any atom is -0.497 e. The maximum Gasteiger partial charge on any atom is 0.169 e. The fourth-order valence-corrected chi connectivity index (χ4v) is 1.56. The maximum absolute atomic E-state index is 5.57. The first kappa shape index (κ1) is 9.90. The normalized spacial score (nSPS) is 13.5. The summed E-state index contributed by atoms with van der Waals surface area (Å²) >= 11 is 0. The second-order valence-corrected chi connectivity index (χ2v) is 3.48. The van der Waals surface area contributed by atoms with E-state index in [0.717, 1.165) is 28.4 Å². The lowest BCUT2D eigenvalue weighted by Crippen LogP contribution is -2.16. The van der Waals surface area contributed by atoms with Crippen molar-refractivity contribution in [3.05, 3.63) is 24.3 Å². The van der Waals surface area contributed by atoms with E-state index in [4.69, 9.17) is 14.2 Å². The van der Waals surface area contributed by atoms with Gasteiger partial charge in [0.25, 0.3) is 0 Å². The van der Waals surface area contributed by atoms with Crippen molar-refractivity contribution >= 4 is 5.57 Å². The first-order valence-electron chi connectivity index (χ1n) is 4.86. The van der Waals surface area contributed by atoms with Gasteiger partial charge in [-0.2, -0.15) is 0 Å². The predicted octanol–water partition coefficient (Wildman–Crippen LogP) is 2.50. The molecule has 3 nitrogen and oxygen atoms in total. The fourth-order valence-electron chi connectivity index (χ4n) is 1.56. The van der Waals surface area contributed by atoms with Crippen molar-refractivity contribution in [1.29, 1.82) is 0 Å². The summed E-state index contributed by atoms with van der Waals surface area (Å²) in [5.74, 6) is 2.27. The Balaban J connectivity index is 2.55. The van der Waals surface area contributed by atoms with E-state index in [-0.39, 0.29) is 0 Å². The molecule has 0 spiro atoms. The number of hydrogen-bond acceptors (Lipinski definition) is 3. The number of rotatable bonds is 2. The largest absolute Gasteiger partial charge is 0.497 e. The highest BCUT2D eigenvalue weighted by Crippen LogP contribution is 2.40. The Morgan fingerprint density at radius 3 is 2.73 bits per heavy atom. The van der Waals surface area contributed by atoms with Crippen LogP contribution in [0.4, 0.5) is 0 Å². The molecule has 1 aromatic rings. The van der Waals surface area contributed by atoms with E-state index in [1.165, 1.54) is 0 Å². The maximum atomic E-state index is 5.57. The van der Waals surface area contributed by atoms with Crippen LogP contribution in [0, 0.1) is 0 Å². The number of fused-ring (bicyclic) bond motifs is 1. The fraction of sp³-hybridized carbons (Fsp3) is 0.333. The molecule has 2 rings (SSSR count). The molecule has 0 aliphatic carbocycles. The van der Waals surface area contributed by atoms with Crippen molar-refractivity contribution in [2.24, 2.45) is 0 Å². The number of methoxy groups -OCH3 is 1. The third-order valence-electron chi connectivity index (χ3n) is 2.31. The number of benzene rings is 1. The van der Waals surface area contributed by atoms with Crippen molar-refractivity contribution in [3.8, 4) is 17.2 Å². The van der Waals surface area contributed by atoms with E-state index < -0.39 is 0 Å². The Hall–Kier alpha value is -1.64.